The molecule has 1 heterocycles. The zero-order valence-corrected chi connectivity index (χ0v) is 19.7. The molecule has 1 fully saturated rings. The summed E-state index contributed by atoms with van der Waals surface area (Å²) >= 11 is 0. The molecule has 170 valence electrons. The van der Waals surface area contributed by atoms with Gasteiger partial charge in [-0.2, -0.15) is 4.39 Å². The zero-order valence-electron chi connectivity index (χ0n) is 18.6. The molecule has 2 aromatic rings. The standard InChI is InChI=1S/C24H31FN5OP/c1-3-4-10-29-23(20-12-17(9-11-28-20)22(26)24(25)30-27)15(2)19-8-7-18(32)13-21(19)31-14-16-5-6-16/h7-13,16,30H,3-6,14,26-27,32H2,1-2H3/b23-15+,24-22-,29-10?. The van der Waals surface area contributed by atoms with Gasteiger partial charge in [0.2, 0.25) is 5.95 Å². The predicted octanol–water partition coefficient (Wildman–Crippen LogP) is 4.15. The van der Waals surface area contributed by atoms with Crippen molar-refractivity contribution in [3.05, 3.63) is 59.3 Å². The Balaban J connectivity index is 2.09. The van der Waals surface area contributed by atoms with E-state index in [-0.39, 0.29) is 5.70 Å². The summed E-state index contributed by atoms with van der Waals surface area (Å²) in [5.74, 6) is 5.83. The molecule has 5 N–H and O–H groups in total. The highest BCUT2D eigenvalue weighted by atomic mass is 31.0. The molecule has 1 aliphatic carbocycles. The number of benzene rings is 1. The van der Waals surface area contributed by atoms with Gasteiger partial charge in [-0.05, 0) is 61.2 Å². The molecule has 0 spiro atoms. The fourth-order valence-corrected chi connectivity index (χ4v) is 3.41. The van der Waals surface area contributed by atoms with E-state index in [2.05, 4.69) is 21.1 Å². The van der Waals surface area contributed by atoms with Crippen LogP contribution >= 0.6 is 9.24 Å². The highest BCUT2D eigenvalue weighted by Crippen LogP contribution is 2.35. The van der Waals surface area contributed by atoms with Crippen molar-refractivity contribution in [2.24, 2.45) is 22.5 Å². The fourth-order valence-electron chi connectivity index (χ4n) is 3.16. The number of rotatable bonds is 10. The van der Waals surface area contributed by atoms with Crippen molar-refractivity contribution in [3.8, 4) is 5.75 Å². The molecule has 1 aromatic heterocycles. The second-order valence-electron chi connectivity index (χ2n) is 7.89. The number of aromatic nitrogens is 1. The third-order valence-corrected chi connectivity index (χ3v) is 5.61. The van der Waals surface area contributed by atoms with Crippen molar-refractivity contribution in [1.82, 2.24) is 10.4 Å². The Morgan fingerprint density at radius 1 is 1.34 bits per heavy atom. The van der Waals surface area contributed by atoms with Crippen molar-refractivity contribution in [2.45, 2.75) is 39.5 Å². The summed E-state index contributed by atoms with van der Waals surface area (Å²) in [7, 11) is 2.71. The summed E-state index contributed by atoms with van der Waals surface area (Å²) in [6, 6.07) is 9.42. The van der Waals surface area contributed by atoms with Crippen LogP contribution in [0.25, 0.3) is 17.0 Å². The average Bonchev–Trinajstić information content (AvgIpc) is 3.64. The van der Waals surface area contributed by atoms with Gasteiger partial charge < -0.3 is 10.5 Å². The molecular formula is C24H31FN5OP. The van der Waals surface area contributed by atoms with Crippen LogP contribution in [0.5, 0.6) is 5.75 Å². The quantitative estimate of drug-likeness (QED) is 0.164. The first-order valence-corrected chi connectivity index (χ1v) is 11.4. The number of hydrogen-bond acceptors (Lipinski definition) is 6. The van der Waals surface area contributed by atoms with Crippen LogP contribution in [0.15, 0.2) is 47.5 Å². The highest BCUT2D eigenvalue weighted by Gasteiger charge is 2.23. The summed E-state index contributed by atoms with van der Waals surface area (Å²) in [5.41, 5.74) is 11.4. The molecule has 3 rings (SSSR count). The second-order valence-corrected chi connectivity index (χ2v) is 8.55. The smallest absolute Gasteiger partial charge is 0.224 e. The molecule has 32 heavy (non-hydrogen) atoms. The van der Waals surface area contributed by atoms with Gasteiger partial charge in [-0.1, -0.05) is 25.5 Å². The monoisotopic (exact) mass is 455 g/mol. The molecular weight excluding hydrogens is 424 g/mol. The predicted molar refractivity (Wildman–Crippen MR) is 134 cm³/mol. The number of hydrazine groups is 1. The number of aliphatic imine (C=N–C) groups is 1. The lowest BCUT2D eigenvalue weighted by molar-refractivity contribution is 0.299. The number of hydrogen-bond donors (Lipinski definition) is 3. The molecule has 0 amide bonds. The molecule has 6 nitrogen and oxygen atoms in total. The van der Waals surface area contributed by atoms with Gasteiger partial charge in [0.1, 0.15) is 5.75 Å². The maximum atomic E-state index is 13.9. The van der Waals surface area contributed by atoms with Crippen LogP contribution in [0.2, 0.25) is 0 Å². The zero-order chi connectivity index (χ0) is 23.1. The number of halogens is 1. The van der Waals surface area contributed by atoms with Gasteiger partial charge in [0, 0.05) is 23.5 Å². The third kappa shape index (κ3) is 6.15. The van der Waals surface area contributed by atoms with Crippen molar-refractivity contribution in [3.63, 3.8) is 0 Å². The van der Waals surface area contributed by atoms with Crippen molar-refractivity contribution in [2.75, 3.05) is 6.61 Å². The first-order valence-electron chi connectivity index (χ1n) is 10.8. The molecule has 0 bridgehead atoms. The lowest BCUT2D eigenvalue weighted by Gasteiger charge is -2.15. The van der Waals surface area contributed by atoms with Crippen molar-refractivity contribution >= 4 is 37.7 Å². The highest BCUT2D eigenvalue weighted by molar-refractivity contribution is 7.27. The molecule has 1 unspecified atom stereocenters. The van der Waals surface area contributed by atoms with E-state index in [9.17, 15) is 4.39 Å². The Morgan fingerprint density at radius 2 is 2.12 bits per heavy atom. The molecule has 1 atom stereocenters. The van der Waals surface area contributed by atoms with E-state index in [0.717, 1.165) is 35.0 Å². The molecule has 0 saturated heterocycles. The molecule has 1 aromatic carbocycles. The van der Waals surface area contributed by atoms with Gasteiger partial charge in [0.15, 0.2) is 0 Å². The first-order chi connectivity index (χ1) is 15.4. The van der Waals surface area contributed by atoms with E-state index in [1.54, 1.807) is 18.3 Å². The van der Waals surface area contributed by atoms with E-state index >= 15 is 0 Å². The summed E-state index contributed by atoms with van der Waals surface area (Å²) in [6.07, 6.45) is 7.71. The summed E-state index contributed by atoms with van der Waals surface area (Å²) < 4.78 is 20.1. The Kier molecular flexibility index (Phi) is 8.37. The van der Waals surface area contributed by atoms with Crippen LogP contribution in [0.1, 0.15) is 56.4 Å². The van der Waals surface area contributed by atoms with Crippen LogP contribution in [0.3, 0.4) is 0 Å². The molecule has 0 aliphatic heterocycles. The SMILES string of the molecule is CCCC=N/C(=C(\C)c1ccc(P)cc1OCC1CC1)c1cc(/C(N)=C(\F)NN)ccn1. The number of nitrogens with zero attached hydrogens (tertiary/aromatic N) is 2. The number of allylic oxidation sites excluding steroid dienone is 1. The number of unbranched alkanes of at least 4 members (excludes halogenated alkanes) is 1. The Hall–Kier alpha value is -2.76. The number of nitrogens with one attached hydrogen (secondary N) is 1. The lowest BCUT2D eigenvalue weighted by atomic mass is 10.0. The Bertz CT molecular complexity index is 1050. The van der Waals surface area contributed by atoms with Gasteiger partial charge in [0.25, 0.3) is 0 Å². The van der Waals surface area contributed by atoms with Crippen molar-refractivity contribution < 1.29 is 9.13 Å². The van der Waals surface area contributed by atoms with E-state index in [1.165, 1.54) is 12.8 Å². The van der Waals surface area contributed by atoms with E-state index in [4.69, 9.17) is 21.3 Å². The van der Waals surface area contributed by atoms with Crippen LogP contribution in [0, 0.1) is 5.92 Å². The Labute approximate surface area is 191 Å². The lowest BCUT2D eigenvalue weighted by Crippen LogP contribution is -2.21. The van der Waals surface area contributed by atoms with E-state index in [0.29, 0.717) is 29.5 Å². The topological polar surface area (TPSA) is 98.5 Å². The van der Waals surface area contributed by atoms with Gasteiger partial charge in [0.05, 0.1) is 23.7 Å². The molecule has 1 saturated carbocycles. The van der Waals surface area contributed by atoms with Gasteiger partial charge in [-0.25, -0.2) is 5.84 Å². The van der Waals surface area contributed by atoms with Crippen LogP contribution < -0.4 is 27.0 Å². The minimum absolute atomic E-state index is 0.0912. The average molecular weight is 456 g/mol. The van der Waals surface area contributed by atoms with Crippen molar-refractivity contribution in [1.29, 1.82) is 0 Å². The number of nitrogens with two attached hydrogens (primary N) is 2. The Morgan fingerprint density at radius 3 is 2.81 bits per heavy atom. The van der Waals surface area contributed by atoms with Gasteiger partial charge >= 0.3 is 0 Å². The summed E-state index contributed by atoms with van der Waals surface area (Å²) in [4.78, 5) is 9.23. The molecule has 8 heteroatoms. The van der Waals surface area contributed by atoms with Crippen LogP contribution in [-0.4, -0.2) is 17.8 Å². The summed E-state index contributed by atoms with van der Waals surface area (Å²) in [5, 5.41) is 1.05. The van der Waals surface area contributed by atoms with E-state index in [1.807, 2.05) is 36.8 Å². The molecule has 0 radical (unpaired) electrons. The first kappa shape index (κ1) is 23.9. The number of pyridine rings is 1. The third-order valence-electron chi connectivity index (χ3n) is 5.25. The maximum absolute atomic E-state index is 13.9. The minimum atomic E-state index is -0.800. The summed E-state index contributed by atoms with van der Waals surface area (Å²) in [6.45, 7) is 4.80. The van der Waals surface area contributed by atoms with Crippen LogP contribution in [0.4, 0.5) is 4.39 Å². The second kappa shape index (κ2) is 11.2. The normalized spacial score (nSPS) is 15.4. The largest absolute Gasteiger partial charge is 0.493 e. The van der Waals surface area contributed by atoms with Crippen LogP contribution in [-0.2, 0) is 0 Å². The number of ether oxygens (including phenoxy) is 1. The molecule has 1 aliphatic rings. The van der Waals surface area contributed by atoms with Gasteiger partial charge in [-0.3, -0.25) is 15.4 Å². The van der Waals surface area contributed by atoms with Gasteiger partial charge in [-0.15, -0.1) is 9.24 Å². The minimum Gasteiger partial charge on any atom is -0.493 e. The maximum Gasteiger partial charge on any atom is 0.224 e. The fraction of sp³-hybridized carbons (Fsp3) is 0.333. The van der Waals surface area contributed by atoms with E-state index < -0.39 is 5.95 Å².